The third-order valence-electron chi connectivity index (χ3n) is 3.92. The number of hydrogen-bond acceptors (Lipinski definition) is 5. The zero-order chi connectivity index (χ0) is 18.6. The lowest BCUT2D eigenvalue weighted by Crippen LogP contribution is -2.13. The molecule has 0 amide bonds. The summed E-state index contributed by atoms with van der Waals surface area (Å²) in [5.74, 6) is -0.956. The number of rotatable bonds is 6. The van der Waals surface area contributed by atoms with E-state index in [2.05, 4.69) is 20.4 Å². The van der Waals surface area contributed by atoms with Gasteiger partial charge < -0.3 is 10.1 Å². The third-order valence-corrected chi connectivity index (χ3v) is 3.92. The summed E-state index contributed by atoms with van der Waals surface area (Å²) in [6.45, 7) is 0.672. The van der Waals surface area contributed by atoms with Crippen molar-refractivity contribution in [3.8, 4) is 11.4 Å². The van der Waals surface area contributed by atoms with Crippen LogP contribution in [0.15, 0.2) is 61.1 Å². The molecule has 0 radical (unpaired) electrons. The quantitative estimate of drug-likeness (QED) is 0.528. The van der Waals surface area contributed by atoms with E-state index < -0.39 is 11.6 Å². The monoisotopic (exact) mass is 367 g/mol. The highest BCUT2D eigenvalue weighted by atomic mass is 19.2. The first kappa shape index (κ1) is 16.9. The first-order valence-corrected chi connectivity index (χ1v) is 8.28. The average Bonchev–Trinajstić information content (AvgIpc) is 3.13. The predicted octanol–water partition coefficient (Wildman–Crippen LogP) is 3.58. The molecule has 2 heterocycles. The van der Waals surface area contributed by atoms with E-state index in [9.17, 15) is 8.78 Å². The Morgan fingerprint density at radius 1 is 1.00 bits per heavy atom. The van der Waals surface area contributed by atoms with Crippen LogP contribution in [0, 0.1) is 11.6 Å². The van der Waals surface area contributed by atoms with Gasteiger partial charge >= 0.3 is 0 Å². The van der Waals surface area contributed by atoms with Crippen LogP contribution < -0.4 is 10.1 Å². The molecule has 4 rings (SSSR count). The molecule has 0 atom stereocenters. The van der Waals surface area contributed by atoms with Crippen molar-refractivity contribution in [3.63, 3.8) is 0 Å². The molecule has 8 heteroatoms. The molecular weight excluding hydrogens is 352 g/mol. The Bertz CT molecular complexity index is 1070. The number of benzene rings is 2. The second-order valence-corrected chi connectivity index (χ2v) is 5.70. The first-order valence-electron chi connectivity index (χ1n) is 8.28. The van der Waals surface area contributed by atoms with Crippen molar-refractivity contribution in [1.29, 1.82) is 0 Å². The molecule has 6 nitrogen and oxygen atoms in total. The number of aromatic nitrogens is 4. The van der Waals surface area contributed by atoms with Crippen LogP contribution in [0.3, 0.4) is 0 Å². The van der Waals surface area contributed by atoms with Crippen LogP contribution in [0.1, 0.15) is 0 Å². The van der Waals surface area contributed by atoms with E-state index >= 15 is 0 Å². The molecule has 2 aromatic heterocycles. The largest absolute Gasteiger partial charge is 0.492 e. The highest BCUT2D eigenvalue weighted by Gasteiger charge is 2.10. The minimum Gasteiger partial charge on any atom is -0.492 e. The molecule has 0 aliphatic rings. The highest BCUT2D eigenvalue weighted by Crippen LogP contribution is 2.21. The van der Waals surface area contributed by atoms with E-state index in [1.165, 1.54) is 12.4 Å². The second-order valence-electron chi connectivity index (χ2n) is 5.70. The van der Waals surface area contributed by atoms with Crippen LogP contribution in [-0.2, 0) is 0 Å². The zero-order valence-corrected chi connectivity index (χ0v) is 14.1. The van der Waals surface area contributed by atoms with Crippen LogP contribution in [0.5, 0.6) is 5.75 Å². The fourth-order valence-electron chi connectivity index (χ4n) is 2.65. The minimum absolute atomic E-state index is 0.253. The van der Waals surface area contributed by atoms with Crippen LogP contribution in [0.4, 0.5) is 14.6 Å². The van der Waals surface area contributed by atoms with Gasteiger partial charge in [-0.15, -0.1) is 0 Å². The number of nitrogens with one attached hydrogen (secondary N) is 1. The van der Waals surface area contributed by atoms with Crippen molar-refractivity contribution in [2.45, 2.75) is 0 Å². The van der Waals surface area contributed by atoms with Gasteiger partial charge in [0, 0.05) is 6.07 Å². The number of halogens is 2. The zero-order valence-electron chi connectivity index (χ0n) is 14.1. The Kier molecular flexibility index (Phi) is 4.61. The van der Waals surface area contributed by atoms with E-state index in [0.717, 1.165) is 23.2 Å². The molecule has 0 unspecified atom stereocenters. The average molecular weight is 367 g/mol. The number of fused-ring (bicyclic) bond motifs is 1. The molecule has 0 saturated heterocycles. The van der Waals surface area contributed by atoms with Gasteiger partial charge in [-0.25, -0.2) is 23.4 Å². The van der Waals surface area contributed by atoms with Crippen LogP contribution in [0.25, 0.3) is 16.7 Å². The lowest BCUT2D eigenvalue weighted by molar-refractivity contribution is 0.329. The van der Waals surface area contributed by atoms with Gasteiger partial charge in [0.15, 0.2) is 17.3 Å². The summed E-state index contributed by atoms with van der Waals surface area (Å²) in [6.07, 6.45) is 3.16. The first-order chi connectivity index (χ1) is 13.2. The summed E-state index contributed by atoms with van der Waals surface area (Å²) in [4.78, 5) is 8.56. The van der Waals surface area contributed by atoms with Crippen molar-refractivity contribution in [1.82, 2.24) is 19.7 Å². The number of para-hydroxylation sites is 1. The predicted molar refractivity (Wildman–Crippen MR) is 97.0 cm³/mol. The van der Waals surface area contributed by atoms with E-state index in [-0.39, 0.29) is 12.4 Å². The molecule has 2 aromatic carbocycles. The Morgan fingerprint density at radius 3 is 2.67 bits per heavy atom. The van der Waals surface area contributed by atoms with E-state index in [1.54, 1.807) is 10.9 Å². The molecule has 0 fully saturated rings. The number of hydrogen-bond donors (Lipinski definition) is 1. The van der Waals surface area contributed by atoms with Crippen molar-refractivity contribution in [2.75, 3.05) is 18.5 Å². The number of ether oxygens (including phenoxy) is 1. The Hall–Kier alpha value is -3.55. The lowest BCUT2D eigenvalue weighted by atomic mass is 10.3. The minimum atomic E-state index is -0.939. The molecule has 0 aliphatic carbocycles. The molecule has 4 aromatic rings. The van der Waals surface area contributed by atoms with Crippen LogP contribution >= 0.6 is 0 Å². The maximum absolute atomic E-state index is 13.2. The van der Waals surface area contributed by atoms with Gasteiger partial charge in [-0.3, -0.25) is 0 Å². The Morgan fingerprint density at radius 2 is 1.85 bits per heavy atom. The second kappa shape index (κ2) is 7.36. The van der Waals surface area contributed by atoms with Crippen molar-refractivity contribution >= 4 is 16.9 Å². The molecule has 0 aliphatic heterocycles. The van der Waals surface area contributed by atoms with Gasteiger partial charge in [0.2, 0.25) is 0 Å². The summed E-state index contributed by atoms with van der Waals surface area (Å²) >= 11 is 0. The lowest BCUT2D eigenvalue weighted by Gasteiger charge is -2.09. The third kappa shape index (κ3) is 3.55. The van der Waals surface area contributed by atoms with Crippen LogP contribution in [-0.4, -0.2) is 32.9 Å². The fraction of sp³-hybridized carbons (Fsp3) is 0.105. The molecule has 27 heavy (non-hydrogen) atoms. The fourth-order valence-corrected chi connectivity index (χ4v) is 2.65. The SMILES string of the molecule is Fc1ccc(OCCNc2ncnc3c2cnn3-c2ccccc2)cc1F. The van der Waals surface area contributed by atoms with E-state index in [1.807, 2.05) is 30.3 Å². The van der Waals surface area contributed by atoms with Crippen molar-refractivity contribution < 1.29 is 13.5 Å². The molecule has 136 valence electrons. The molecule has 0 saturated carbocycles. The van der Waals surface area contributed by atoms with Crippen molar-refractivity contribution in [2.24, 2.45) is 0 Å². The van der Waals surface area contributed by atoms with Crippen LogP contribution in [0.2, 0.25) is 0 Å². The summed E-state index contributed by atoms with van der Waals surface area (Å²) < 4.78 is 33.2. The summed E-state index contributed by atoms with van der Waals surface area (Å²) in [5.41, 5.74) is 1.58. The van der Waals surface area contributed by atoms with Crippen molar-refractivity contribution in [3.05, 3.63) is 72.7 Å². The van der Waals surface area contributed by atoms with Gasteiger partial charge in [-0.1, -0.05) is 18.2 Å². The smallest absolute Gasteiger partial charge is 0.168 e. The van der Waals surface area contributed by atoms with E-state index in [0.29, 0.717) is 18.0 Å². The van der Waals surface area contributed by atoms with E-state index in [4.69, 9.17) is 4.74 Å². The molecular formula is C19H15F2N5O. The van der Waals surface area contributed by atoms with Gasteiger partial charge in [0.25, 0.3) is 0 Å². The normalized spacial score (nSPS) is 10.9. The summed E-state index contributed by atoms with van der Waals surface area (Å²) in [5, 5.41) is 8.31. The number of anilines is 1. The molecule has 0 spiro atoms. The standard InChI is InChI=1S/C19H15F2N5O/c20-16-7-6-14(10-17(16)21)27-9-8-22-18-15-11-25-26(19(15)24-12-23-18)13-4-2-1-3-5-13/h1-7,10-12H,8-9H2,(H,22,23,24). The summed E-state index contributed by atoms with van der Waals surface area (Å²) in [6, 6.07) is 13.1. The van der Waals surface area contributed by atoms with Gasteiger partial charge in [-0.2, -0.15) is 5.10 Å². The highest BCUT2D eigenvalue weighted by molar-refractivity contribution is 5.87. The summed E-state index contributed by atoms with van der Waals surface area (Å²) in [7, 11) is 0. The van der Waals surface area contributed by atoms with Gasteiger partial charge in [-0.05, 0) is 24.3 Å². The van der Waals surface area contributed by atoms with Gasteiger partial charge in [0.1, 0.15) is 24.5 Å². The molecule has 0 bridgehead atoms. The Labute approximate surface area is 153 Å². The maximum Gasteiger partial charge on any atom is 0.168 e. The Balaban J connectivity index is 1.45. The van der Waals surface area contributed by atoms with Gasteiger partial charge in [0.05, 0.1) is 23.8 Å². The maximum atomic E-state index is 13.2. The molecule has 1 N–H and O–H groups in total. The topological polar surface area (TPSA) is 64.9 Å². The number of nitrogens with zero attached hydrogens (tertiary/aromatic N) is 4.